The van der Waals surface area contributed by atoms with Crippen LogP contribution in [-0.2, 0) is 14.3 Å². The number of carbonyl (C=O) groups is 2. The molecule has 1 aromatic carbocycles. The molecule has 1 fully saturated rings. The third-order valence-corrected chi connectivity index (χ3v) is 2.98. The SMILES string of the molecule is C=C1C(=O)OC[C@H]1CCOC(=O)Nc1ccccc1F. The van der Waals surface area contributed by atoms with Gasteiger partial charge >= 0.3 is 12.1 Å². The first kappa shape index (κ1) is 14.0. The lowest BCUT2D eigenvalue weighted by Crippen LogP contribution is -2.17. The summed E-state index contributed by atoms with van der Waals surface area (Å²) in [4.78, 5) is 22.5. The zero-order chi connectivity index (χ0) is 14.5. The highest BCUT2D eigenvalue weighted by atomic mass is 19.1. The minimum Gasteiger partial charge on any atom is -0.462 e. The Hall–Kier alpha value is -2.37. The standard InChI is InChI=1S/C14H14FNO4/c1-9-10(8-20-13(9)17)6-7-19-14(18)16-12-5-3-2-4-11(12)15/h2-5,10H,1,6-8H2,(H,16,18)/t10-/m1/s1. The van der Waals surface area contributed by atoms with E-state index in [9.17, 15) is 14.0 Å². The van der Waals surface area contributed by atoms with E-state index in [1.807, 2.05) is 0 Å². The summed E-state index contributed by atoms with van der Waals surface area (Å²) in [6.07, 6.45) is -0.305. The smallest absolute Gasteiger partial charge is 0.411 e. The molecule has 6 heteroatoms. The number of amides is 1. The van der Waals surface area contributed by atoms with E-state index in [2.05, 4.69) is 11.9 Å². The average molecular weight is 279 g/mol. The van der Waals surface area contributed by atoms with Crippen LogP contribution >= 0.6 is 0 Å². The Labute approximate surface area is 115 Å². The quantitative estimate of drug-likeness (QED) is 0.679. The Morgan fingerprint density at radius 2 is 2.25 bits per heavy atom. The first-order valence-electron chi connectivity index (χ1n) is 6.12. The molecule has 1 heterocycles. The molecule has 1 amide bonds. The van der Waals surface area contributed by atoms with Crippen molar-refractivity contribution in [2.45, 2.75) is 6.42 Å². The van der Waals surface area contributed by atoms with Gasteiger partial charge in [0.15, 0.2) is 0 Å². The van der Waals surface area contributed by atoms with Crippen LogP contribution in [0.1, 0.15) is 6.42 Å². The number of esters is 1. The summed E-state index contributed by atoms with van der Waals surface area (Å²) in [5.74, 6) is -1.08. The van der Waals surface area contributed by atoms with Crippen LogP contribution in [-0.4, -0.2) is 25.3 Å². The lowest BCUT2D eigenvalue weighted by molar-refractivity contribution is -0.135. The maximum atomic E-state index is 13.3. The third-order valence-electron chi connectivity index (χ3n) is 2.98. The second-order valence-electron chi connectivity index (χ2n) is 4.35. The van der Waals surface area contributed by atoms with Gasteiger partial charge in [0, 0.05) is 11.5 Å². The molecule has 0 aromatic heterocycles. The molecule has 0 bridgehead atoms. The van der Waals surface area contributed by atoms with E-state index in [0.717, 1.165) is 0 Å². The Balaban J connectivity index is 1.75. The molecular formula is C14H14FNO4. The lowest BCUT2D eigenvalue weighted by Gasteiger charge is -2.09. The minimum atomic E-state index is -0.744. The topological polar surface area (TPSA) is 64.6 Å². The molecular weight excluding hydrogens is 265 g/mol. The summed E-state index contributed by atoms with van der Waals surface area (Å²) >= 11 is 0. The van der Waals surface area contributed by atoms with E-state index < -0.39 is 17.9 Å². The van der Waals surface area contributed by atoms with E-state index in [1.165, 1.54) is 18.2 Å². The van der Waals surface area contributed by atoms with Gasteiger partial charge in [-0.3, -0.25) is 5.32 Å². The second kappa shape index (κ2) is 6.18. The van der Waals surface area contributed by atoms with Gasteiger partial charge in [0.1, 0.15) is 5.82 Å². The molecule has 5 nitrogen and oxygen atoms in total. The molecule has 0 radical (unpaired) electrons. The van der Waals surface area contributed by atoms with E-state index in [-0.39, 0.29) is 24.8 Å². The molecule has 20 heavy (non-hydrogen) atoms. The largest absolute Gasteiger partial charge is 0.462 e. The van der Waals surface area contributed by atoms with Crippen molar-refractivity contribution in [3.05, 3.63) is 42.2 Å². The molecule has 0 unspecified atom stereocenters. The number of nitrogens with one attached hydrogen (secondary N) is 1. The molecule has 106 valence electrons. The Kier molecular flexibility index (Phi) is 4.34. The summed E-state index contributed by atoms with van der Waals surface area (Å²) < 4.78 is 23.0. The number of para-hydroxylation sites is 1. The number of rotatable bonds is 4. The fraction of sp³-hybridized carbons (Fsp3) is 0.286. The van der Waals surface area contributed by atoms with Crippen molar-refractivity contribution in [3.63, 3.8) is 0 Å². The number of hydrogen-bond donors (Lipinski definition) is 1. The van der Waals surface area contributed by atoms with Crippen LogP contribution in [0, 0.1) is 11.7 Å². The molecule has 0 saturated carbocycles. The molecule has 2 rings (SSSR count). The normalized spacial score (nSPS) is 17.8. The monoisotopic (exact) mass is 279 g/mol. The number of hydrogen-bond acceptors (Lipinski definition) is 4. The second-order valence-corrected chi connectivity index (χ2v) is 4.35. The number of benzene rings is 1. The van der Waals surface area contributed by atoms with Gasteiger partial charge in [-0.2, -0.15) is 0 Å². The van der Waals surface area contributed by atoms with E-state index in [0.29, 0.717) is 12.0 Å². The Morgan fingerprint density at radius 1 is 1.50 bits per heavy atom. The fourth-order valence-corrected chi connectivity index (χ4v) is 1.80. The highest BCUT2D eigenvalue weighted by molar-refractivity contribution is 5.90. The van der Waals surface area contributed by atoms with Crippen molar-refractivity contribution >= 4 is 17.7 Å². The van der Waals surface area contributed by atoms with Gasteiger partial charge in [0.25, 0.3) is 0 Å². The van der Waals surface area contributed by atoms with Gasteiger partial charge in [-0.05, 0) is 18.6 Å². The Bertz CT molecular complexity index is 544. The molecule has 1 aromatic rings. The minimum absolute atomic E-state index is 0.0567. The highest BCUT2D eigenvalue weighted by Gasteiger charge is 2.28. The lowest BCUT2D eigenvalue weighted by atomic mass is 10.0. The summed E-state index contributed by atoms with van der Waals surface area (Å²) in [6, 6.07) is 5.79. The van der Waals surface area contributed by atoms with Crippen molar-refractivity contribution in [2.24, 2.45) is 5.92 Å². The summed E-state index contributed by atoms with van der Waals surface area (Å²) in [5.41, 5.74) is 0.449. The van der Waals surface area contributed by atoms with Gasteiger partial charge in [-0.1, -0.05) is 18.7 Å². The van der Waals surface area contributed by atoms with Crippen LogP contribution in [0.4, 0.5) is 14.9 Å². The predicted octanol–water partition coefficient (Wildman–Crippen LogP) is 2.49. The van der Waals surface area contributed by atoms with E-state index >= 15 is 0 Å². The Morgan fingerprint density at radius 3 is 2.90 bits per heavy atom. The van der Waals surface area contributed by atoms with Crippen LogP contribution in [0.2, 0.25) is 0 Å². The predicted molar refractivity (Wildman–Crippen MR) is 69.6 cm³/mol. The first-order valence-corrected chi connectivity index (χ1v) is 6.12. The summed E-state index contributed by atoms with van der Waals surface area (Å²) in [5, 5.41) is 2.30. The van der Waals surface area contributed by atoms with Gasteiger partial charge < -0.3 is 9.47 Å². The number of anilines is 1. The van der Waals surface area contributed by atoms with Gasteiger partial charge in [0.05, 0.1) is 18.9 Å². The van der Waals surface area contributed by atoms with Crippen LogP contribution in [0.25, 0.3) is 0 Å². The zero-order valence-electron chi connectivity index (χ0n) is 10.7. The molecule has 1 N–H and O–H groups in total. The number of cyclic esters (lactones) is 1. The van der Waals surface area contributed by atoms with Crippen molar-refractivity contribution in [1.82, 2.24) is 0 Å². The maximum Gasteiger partial charge on any atom is 0.411 e. The van der Waals surface area contributed by atoms with Crippen molar-refractivity contribution in [1.29, 1.82) is 0 Å². The molecule has 1 aliphatic heterocycles. The number of halogens is 1. The molecule has 1 saturated heterocycles. The zero-order valence-corrected chi connectivity index (χ0v) is 10.7. The fourth-order valence-electron chi connectivity index (χ4n) is 1.80. The number of ether oxygens (including phenoxy) is 2. The molecule has 1 aliphatic rings. The number of carbonyl (C=O) groups excluding carboxylic acids is 2. The average Bonchev–Trinajstić information content (AvgIpc) is 2.73. The van der Waals surface area contributed by atoms with Crippen molar-refractivity contribution < 1.29 is 23.5 Å². The molecule has 1 atom stereocenters. The van der Waals surface area contributed by atoms with Gasteiger partial charge in [-0.15, -0.1) is 0 Å². The van der Waals surface area contributed by atoms with Crippen molar-refractivity contribution in [2.75, 3.05) is 18.5 Å². The first-order chi connectivity index (χ1) is 9.58. The van der Waals surface area contributed by atoms with Crippen LogP contribution in [0.15, 0.2) is 36.4 Å². The van der Waals surface area contributed by atoms with Crippen molar-refractivity contribution in [3.8, 4) is 0 Å². The highest BCUT2D eigenvalue weighted by Crippen LogP contribution is 2.22. The molecule has 0 aliphatic carbocycles. The maximum absolute atomic E-state index is 13.3. The van der Waals surface area contributed by atoms with E-state index in [4.69, 9.17) is 9.47 Å². The van der Waals surface area contributed by atoms with Gasteiger partial charge in [0.2, 0.25) is 0 Å². The van der Waals surface area contributed by atoms with Crippen LogP contribution < -0.4 is 5.32 Å². The molecule has 0 spiro atoms. The van der Waals surface area contributed by atoms with E-state index in [1.54, 1.807) is 6.07 Å². The summed E-state index contributed by atoms with van der Waals surface area (Å²) in [7, 11) is 0. The summed E-state index contributed by atoms with van der Waals surface area (Å²) in [6.45, 7) is 3.97. The van der Waals surface area contributed by atoms with Crippen LogP contribution in [0.3, 0.4) is 0 Å². The van der Waals surface area contributed by atoms with Crippen LogP contribution in [0.5, 0.6) is 0 Å². The third kappa shape index (κ3) is 3.34. The van der Waals surface area contributed by atoms with Gasteiger partial charge in [-0.25, -0.2) is 14.0 Å².